The SMILES string of the molecule is CCCCC[Si](OC(=O)C(C)(CC)[Si](OC)OC)(C(C)(C)C)C(C)(C)C. The fourth-order valence-corrected chi connectivity index (χ4v) is 11.5. The van der Waals surface area contributed by atoms with Crippen LogP contribution in [0.2, 0.25) is 21.2 Å². The number of carbonyl (C=O) groups excluding carboxylic acids is 1. The van der Waals surface area contributed by atoms with Crippen molar-refractivity contribution < 1.29 is 18.1 Å². The Morgan fingerprint density at radius 2 is 1.35 bits per heavy atom. The molecule has 0 bridgehead atoms. The Balaban J connectivity index is 6.03. The van der Waals surface area contributed by atoms with E-state index in [-0.39, 0.29) is 16.0 Å². The van der Waals surface area contributed by atoms with Gasteiger partial charge in [0, 0.05) is 14.2 Å². The Kier molecular flexibility index (Phi) is 9.78. The summed E-state index contributed by atoms with van der Waals surface area (Å²) in [5, 5.41) is -0.805. The lowest BCUT2D eigenvalue weighted by Crippen LogP contribution is -2.57. The molecule has 1 atom stereocenters. The summed E-state index contributed by atoms with van der Waals surface area (Å²) in [4.78, 5) is 13.5. The second kappa shape index (κ2) is 9.85. The summed E-state index contributed by atoms with van der Waals surface area (Å²) in [5.41, 5.74) is 0. The summed E-state index contributed by atoms with van der Waals surface area (Å²) in [6.45, 7) is 19.6. The van der Waals surface area contributed by atoms with E-state index in [0.29, 0.717) is 6.42 Å². The van der Waals surface area contributed by atoms with Crippen molar-refractivity contribution in [2.24, 2.45) is 0 Å². The van der Waals surface area contributed by atoms with Gasteiger partial charge in [-0.2, -0.15) is 0 Å². The van der Waals surface area contributed by atoms with E-state index in [1.807, 2.05) is 13.8 Å². The van der Waals surface area contributed by atoms with Crippen molar-refractivity contribution in [3.63, 3.8) is 0 Å². The van der Waals surface area contributed by atoms with Gasteiger partial charge in [0.15, 0.2) is 0 Å². The van der Waals surface area contributed by atoms with E-state index >= 15 is 0 Å². The van der Waals surface area contributed by atoms with Crippen molar-refractivity contribution in [1.29, 1.82) is 0 Å². The smallest absolute Gasteiger partial charge is 0.402 e. The van der Waals surface area contributed by atoms with E-state index in [1.54, 1.807) is 14.2 Å². The summed E-state index contributed by atoms with van der Waals surface area (Å²) >= 11 is 0. The van der Waals surface area contributed by atoms with E-state index in [1.165, 1.54) is 12.8 Å². The maximum atomic E-state index is 13.5. The van der Waals surface area contributed by atoms with E-state index in [2.05, 4.69) is 48.5 Å². The average molecular weight is 404 g/mol. The summed E-state index contributed by atoms with van der Waals surface area (Å²) in [6.07, 6.45) is 4.10. The molecule has 0 saturated carbocycles. The molecule has 0 fully saturated rings. The highest BCUT2D eigenvalue weighted by Gasteiger charge is 2.59. The number of unbranched alkanes of at least 4 members (excludes halogenated alkanes) is 2. The highest BCUT2D eigenvalue weighted by molar-refractivity contribution is 6.81. The maximum Gasteiger partial charge on any atom is 0.402 e. The molecule has 0 amide bonds. The first kappa shape index (κ1) is 25.8. The number of hydrogen-bond donors (Lipinski definition) is 0. The van der Waals surface area contributed by atoms with E-state index in [9.17, 15) is 4.79 Å². The van der Waals surface area contributed by atoms with Crippen LogP contribution in [0.25, 0.3) is 0 Å². The largest absolute Gasteiger partial charge is 0.518 e. The van der Waals surface area contributed by atoms with Gasteiger partial charge in [-0.05, 0) is 29.5 Å². The molecule has 0 spiro atoms. The molecule has 0 aliphatic carbocycles. The Bertz CT molecular complexity index is 422. The third-order valence-electron chi connectivity index (χ3n) is 5.80. The van der Waals surface area contributed by atoms with Gasteiger partial charge in [0.1, 0.15) is 5.04 Å². The van der Waals surface area contributed by atoms with Crippen LogP contribution in [0.1, 0.15) is 88.0 Å². The molecule has 4 nitrogen and oxygen atoms in total. The predicted molar refractivity (Wildman–Crippen MR) is 114 cm³/mol. The topological polar surface area (TPSA) is 44.8 Å². The molecule has 0 aromatic rings. The summed E-state index contributed by atoms with van der Waals surface area (Å²) in [6, 6.07) is 1.00. The van der Waals surface area contributed by atoms with Gasteiger partial charge in [-0.1, -0.05) is 74.7 Å². The highest BCUT2D eigenvalue weighted by Crippen LogP contribution is 2.55. The predicted octanol–water partition coefficient (Wildman–Crippen LogP) is 6.22. The summed E-state index contributed by atoms with van der Waals surface area (Å²) in [7, 11) is -0.943. The fraction of sp³-hybridized carbons (Fsp3) is 0.950. The second-order valence-electron chi connectivity index (χ2n) is 9.56. The van der Waals surface area contributed by atoms with Gasteiger partial charge >= 0.3 is 9.28 Å². The Morgan fingerprint density at radius 1 is 0.885 bits per heavy atom. The Labute approximate surface area is 165 Å². The quantitative estimate of drug-likeness (QED) is 0.321. The van der Waals surface area contributed by atoms with Gasteiger partial charge in [-0.3, -0.25) is 4.79 Å². The first-order valence-corrected chi connectivity index (χ1v) is 13.4. The number of rotatable bonds is 10. The molecule has 0 aromatic heterocycles. The van der Waals surface area contributed by atoms with Crippen LogP contribution in [-0.2, 0) is 18.1 Å². The summed E-state index contributed by atoms with van der Waals surface area (Å²) < 4.78 is 17.7. The van der Waals surface area contributed by atoms with Crippen molar-refractivity contribution in [2.45, 2.75) is 109 Å². The Hall–Kier alpha value is -0.176. The van der Waals surface area contributed by atoms with Crippen molar-refractivity contribution in [1.82, 2.24) is 0 Å². The molecule has 6 heteroatoms. The monoisotopic (exact) mass is 403 g/mol. The van der Waals surface area contributed by atoms with E-state index < -0.39 is 22.6 Å². The molecule has 26 heavy (non-hydrogen) atoms. The van der Waals surface area contributed by atoms with Gasteiger partial charge in [-0.15, -0.1) is 0 Å². The van der Waals surface area contributed by atoms with Crippen molar-refractivity contribution in [3.8, 4) is 0 Å². The molecule has 0 aromatic carbocycles. The molecule has 0 rings (SSSR count). The molecule has 1 unspecified atom stereocenters. The van der Waals surface area contributed by atoms with Crippen LogP contribution in [0.4, 0.5) is 0 Å². The normalized spacial score (nSPS) is 15.8. The molecular weight excluding hydrogens is 360 g/mol. The molecule has 1 radical (unpaired) electrons. The average Bonchev–Trinajstić information content (AvgIpc) is 2.52. The van der Waals surface area contributed by atoms with Crippen molar-refractivity contribution >= 4 is 23.6 Å². The van der Waals surface area contributed by atoms with Gasteiger partial charge in [0.25, 0.3) is 14.3 Å². The van der Waals surface area contributed by atoms with Crippen molar-refractivity contribution in [3.05, 3.63) is 0 Å². The maximum absolute atomic E-state index is 13.5. The second-order valence-corrected chi connectivity index (χ2v) is 17.4. The first-order chi connectivity index (χ1) is 11.8. The standard InChI is InChI=1S/C20H43O4Si2/c1-12-14-15-16-26(18(3,4)5,19(6,7)8)24-17(21)20(9,13-2)25(22-10)23-11/h12-16H2,1-11H3. The lowest BCUT2D eigenvalue weighted by atomic mass is 10.1. The fourth-order valence-electron chi connectivity index (χ4n) is 4.03. The first-order valence-electron chi connectivity index (χ1n) is 9.96. The molecule has 0 aliphatic heterocycles. The van der Waals surface area contributed by atoms with Crippen LogP contribution in [0.5, 0.6) is 0 Å². The number of carbonyl (C=O) groups is 1. The Morgan fingerprint density at radius 3 is 1.65 bits per heavy atom. The van der Waals surface area contributed by atoms with Crippen LogP contribution in [-0.4, -0.2) is 37.8 Å². The van der Waals surface area contributed by atoms with Crippen LogP contribution in [0.3, 0.4) is 0 Å². The molecule has 0 aliphatic rings. The van der Waals surface area contributed by atoms with Crippen LogP contribution < -0.4 is 0 Å². The zero-order valence-corrected chi connectivity index (χ0v) is 21.2. The molecular formula is C20H43O4Si2. The molecule has 0 saturated heterocycles. The van der Waals surface area contributed by atoms with Gasteiger partial charge in [0.2, 0.25) is 0 Å². The molecule has 0 N–H and O–H groups in total. The zero-order valence-electron chi connectivity index (χ0n) is 19.2. The minimum Gasteiger partial charge on any atom is -0.518 e. The van der Waals surface area contributed by atoms with E-state index in [0.717, 1.165) is 12.5 Å². The summed E-state index contributed by atoms with van der Waals surface area (Å²) in [5.74, 6) is -0.134. The minimum absolute atomic E-state index is 0.0453. The number of hydrogen-bond acceptors (Lipinski definition) is 4. The van der Waals surface area contributed by atoms with Crippen LogP contribution in [0, 0.1) is 0 Å². The molecule has 0 heterocycles. The van der Waals surface area contributed by atoms with Crippen LogP contribution in [0.15, 0.2) is 0 Å². The third-order valence-corrected chi connectivity index (χ3v) is 14.4. The van der Waals surface area contributed by atoms with Crippen LogP contribution >= 0.6 is 0 Å². The minimum atomic E-state index is -2.44. The van der Waals surface area contributed by atoms with Gasteiger partial charge < -0.3 is 13.3 Å². The molecule has 155 valence electrons. The zero-order chi connectivity index (χ0) is 20.8. The van der Waals surface area contributed by atoms with Gasteiger partial charge in [0.05, 0.1) is 0 Å². The lowest BCUT2D eigenvalue weighted by Gasteiger charge is -2.51. The highest BCUT2D eigenvalue weighted by atomic mass is 28.4. The van der Waals surface area contributed by atoms with Crippen molar-refractivity contribution in [2.75, 3.05) is 14.2 Å². The lowest BCUT2D eigenvalue weighted by molar-refractivity contribution is -0.140. The third kappa shape index (κ3) is 5.43. The van der Waals surface area contributed by atoms with Gasteiger partial charge in [-0.25, -0.2) is 0 Å². The van der Waals surface area contributed by atoms with E-state index in [4.69, 9.17) is 13.3 Å².